The molecule has 0 spiro atoms. The van der Waals surface area contributed by atoms with Crippen molar-refractivity contribution < 1.29 is 22.7 Å². The fourth-order valence-electron chi connectivity index (χ4n) is 5.42. The number of benzene rings is 2. The van der Waals surface area contributed by atoms with Crippen LogP contribution in [0.2, 0.25) is 0 Å². The Bertz CT molecular complexity index is 1610. The minimum Gasteiger partial charge on any atom is -0.457 e. The van der Waals surface area contributed by atoms with Crippen LogP contribution in [0.4, 0.5) is 36.3 Å². The first-order chi connectivity index (χ1) is 19.6. The number of piperazine rings is 1. The van der Waals surface area contributed by atoms with Crippen LogP contribution in [0.25, 0.3) is 11.0 Å². The summed E-state index contributed by atoms with van der Waals surface area (Å²) in [6, 6.07) is 11.2. The highest BCUT2D eigenvalue weighted by molar-refractivity contribution is 5.88. The second kappa shape index (κ2) is 10.6. The van der Waals surface area contributed by atoms with Crippen LogP contribution in [0.3, 0.4) is 0 Å². The summed E-state index contributed by atoms with van der Waals surface area (Å²) in [6.45, 7) is 4.97. The van der Waals surface area contributed by atoms with E-state index in [0.29, 0.717) is 54.3 Å². The van der Waals surface area contributed by atoms with Gasteiger partial charge in [0.2, 0.25) is 11.9 Å². The number of alkyl halides is 3. The van der Waals surface area contributed by atoms with Crippen LogP contribution in [0, 0.1) is 0 Å². The largest absolute Gasteiger partial charge is 0.457 e. The zero-order chi connectivity index (χ0) is 28.7. The number of amides is 1. The Morgan fingerprint density at radius 1 is 1.02 bits per heavy atom. The number of aromatic nitrogens is 3. The maximum absolute atomic E-state index is 13.9. The molecule has 0 atom stereocenters. The van der Waals surface area contributed by atoms with E-state index in [-0.39, 0.29) is 5.91 Å². The van der Waals surface area contributed by atoms with Crippen LogP contribution >= 0.6 is 0 Å². The molecule has 1 fully saturated rings. The maximum atomic E-state index is 13.9. The summed E-state index contributed by atoms with van der Waals surface area (Å²) >= 11 is 0. The lowest BCUT2D eigenvalue weighted by Crippen LogP contribution is -2.44. The van der Waals surface area contributed by atoms with Gasteiger partial charge in [0, 0.05) is 68.8 Å². The van der Waals surface area contributed by atoms with E-state index < -0.39 is 11.7 Å². The van der Waals surface area contributed by atoms with Crippen LogP contribution < -0.4 is 20.3 Å². The molecule has 4 aromatic rings. The number of rotatable bonds is 6. The SMILES string of the molecule is CC(=O)Nc1cc(Oc2ccc3nc(Nc4cc(N5CCN(C)CC5)cc(C(F)(F)F)c4)n4c3c2CCC4)ccn1. The van der Waals surface area contributed by atoms with Gasteiger partial charge >= 0.3 is 6.18 Å². The molecule has 1 amide bonds. The van der Waals surface area contributed by atoms with Gasteiger partial charge in [-0.05, 0) is 56.3 Å². The number of carbonyl (C=O) groups excluding carboxylic acids is 1. The van der Waals surface area contributed by atoms with Crippen molar-refractivity contribution in [3.05, 3.63) is 59.8 Å². The summed E-state index contributed by atoms with van der Waals surface area (Å²) in [5.74, 6) is 1.82. The molecule has 2 aromatic heterocycles. The van der Waals surface area contributed by atoms with Crippen molar-refractivity contribution in [3.8, 4) is 11.5 Å². The van der Waals surface area contributed by atoms with Crippen molar-refractivity contribution in [1.29, 1.82) is 0 Å². The molecule has 2 N–H and O–H groups in total. The number of aryl methyl sites for hydroxylation is 2. The predicted octanol–water partition coefficient (Wildman–Crippen LogP) is 5.64. The second-order valence-corrected chi connectivity index (χ2v) is 10.4. The first-order valence-electron chi connectivity index (χ1n) is 13.5. The zero-order valence-electron chi connectivity index (χ0n) is 22.8. The minimum atomic E-state index is -4.48. The van der Waals surface area contributed by atoms with Crippen LogP contribution in [0.1, 0.15) is 24.5 Å². The number of ether oxygens (including phenoxy) is 1. The Morgan fingerprint density at radius 3 is 2.59 bits per heavy atom. The molecule has 2 aromatic carbocycles. The summed E-state index contributed by atoms with van der Waals surface area (Å²) < 4.78 is 49.9. The third-order valence-electron chi connectivity index (χ3n) is 7.41. The number of nitrogens with one attached hydrogen (secondary N) is 2. The average molecular weight is 566 g/mol. The lowest BCUT2D eigenvalue weighted by atomic mass is 10.0. The van der Waals surface area contributed by atoms with Gasteiger partial charge in [-0.25, -0.2) is 9.97 Å². The lowest BCUT2D eigenvalue weighted by Gasteiger charge is -2.34. The number of pyridine rings is 1. The van der Waals surface area contributed by atoms with Crippen LogP contribution in [0.15, 0.2) is 48.7 Å². The average Bonchev–Trinajstić information content (AvgIpc) is 3.28. The maximum Gasteiger partial charge on any atom is 0.416 e. The number of hydrogen-bond donors (Lipinski definition) is 2. The standard InChI is InChI=1S/C29H30F3N7O2/c1-18(40)34-26-17-22(7-8-33-26)41-25-6-5-24-27-23(25)4-3-9-39(27)28(36-24)35-20-14-19(29(30,31)32)15-21(16-20)38-12-10-37(2)11-13-38/h5-8,14-17H,3-4,9-13H2,1-2H3,(H,35,36)(H,33,34,40). The number of likely N-dealkylation sites (N-methyl/N-ethyl adjacent to an activating group) is 1. The number of hydrogen-bond acceptors (Lipinski definition) is 7. The molecule has 0 saturated carbocycles. The minimum absolute atomic E-state index is 0.230. The first-order valence-corrected chi connectivity index (χ1v) is 13.5. The van der Waals surface area contributed by atoms with Crippen molar-refractivity contribution in [1.82, 2.24) is 19.4 Å². The van der Waals surface area contributed by atoms with Crippen molar-refractivity contribution in [3.63, 3.8) is 0 Å². The summed E-state index contributed by atoms with van der Waals surface area (Å²) in [7, 11) is 2.01. The van der Waals surface area contributed by atoms with E-state index in [1.807, 2.05) is 28.6 Å². The molecule has 2 aliphatic rings. The van der Waals surface area contributed by atoms with E-state index >= 15 is 0 Å². The van der Waals surface area contributed by atoms with Gasteiger partial charge in [0.15, 0.2) is 0 Å². The van der Waals surface area contributed by atoms with Gasteiger partial charge in [-0.15, -0.1) is 0 Å². The van der Waals surface area contributed by atoms with Crippen molar-refractivity contribution >= 4 is 40.1 Å². The summed E-state index contributed by atoms with van der Waals surface area (Å²) in [5, 5.41) is 5.84. The van der Waals surface area contributed by atoms with Gasteiger partial charge in [0.1, 0.15) is 17.3 Å². The Morgan fingerprint density at radius 2 is 1.83 bits per heavy atom. The van der Waals surface area contributed by atoms with Crippen LogP contribution in [-0.2, 0) is 23.9 Å². The van der Waals surface area contributed by atoms with E-state index in [9.17, 15) is 18.0 Å². The van der Waals surface area contributed by atoms with Crippen LogP contribution in [-0.4, -0.2) is 58.6 Å². The number of nitrogens with zero attached hydrogens (tertiary/aromatic N) is 5. The van der Waals surface area contributed by atoms with E-state index in [1.54, 1.807) is 24.4 Å². The summed E-state index contributed by atoms with van der Waals surface area (Å²) in [6.07, 6.45) is -1.34. The fraction of sp³-hybridized carbons (Fsp3) is 0.345. The smallest absolute Gasteiger partial charge is 0.416 e. The lowest BCUT2D eigenvalue weighted by molar-refractivity contribution is -0.137. The van der Waals surface area contributed by atoms with Gasteiger partial charge in [0.05, 0.1) is 16.6 Å². The van der Waals surface area contributed by atoms with E-state index in [1.165, 1.54) is 13.0 Å². The molecule has 6 rings (SSSR count). The van der Waals surface area contributed by atoms with E-state index in [2.05, 4.69) is 20.5 Å². The predicted molar refractivity (Wildman–Crippen MR) is 151 cm³/mol. The highest BCUT2D eigenvalue weighted by Crippen LogP contribution is 2.39. The van der Waals surface area contributed by atoms with Gasteiger partial charge in [0.25, 0.3) is 0 Å². The molecular formula is C29H30F3N7O2. The first kappa shape index (κ1) is 26.9. The topological polar surface area (TPSA) is 87.5 Å². The second-order valence-electron chi connectivity index (χ2n) is 10.4. The molecule has 9 nitrogen and oxygen atoms in total. The molecule has 214 valence electrons. The van der Waals surface area contributed by atoms with Gasteiger partial charge < -0.3 is 29.7 Å². The van der Waals surface area contributed by atoms with Crippen molar-refractivity contribution in [2.75, 3.05) is 48.8 Å². The van der Waals surface area contributed by atoms with Crippen LogP contribution in [0.5, 0.6) is 11.5 Å². The quantitative estimate of drug-likeness (QED) is 0.313. The van der Waals surface area contributed by atoms with Gasteiger partial charge in [-0.3, -0.25) is 4.79 Å². The molecule has 1 saturated heterocycles. The molecule has 12 heteroatoms. The summed E-state index contributed by atoms with van der Waals surface area (Å²) in [5.41, 5.74) is 2.77. The summed E-state index contributed by atoms with van der Waals surface area (Å²) in [4.78, 5) is 24.5. The third kappa shape index (κ3) is 5.64. The number of imidazole rings is 1. The monoisotopic (exact) mass is 565 g/mol. The van der Waals surface area contributed by atoms with Crippen molar-refractivity contribution in [2.24, 2.45) is 0 Å². The third-order valence-corrected chi connectivity index (χ3v) is 7.41. The van der Waals surface area contributed by atoms with E-state index in [4.69, 9.17) is 9.72 Å². The molecule has 0 radical (unpaired) electrons. The Balaban J connectivity index is 1.33. The number of halogens is 3. The fourth-order valence-corrected chi connectivity index (χ4v) is 5.42. The molecule has 4 heterocycles. The highest BCUT2D eigenvalue weighted by Gasteiger charge is 2.32. The highest BCUT2D eigenvalue weighted by atomic mass is 19.4. The van der Waals surface area contributed by atoms with Gasteiger partial charge in [-0.1, -0.05) is 0 Å². The Labute approximate surface area is 234 Å². The molecule has 0 aliphatic carbocycles. The van der Waals surface area contributed by atoms with E-state index in [0.717, 1.165) is 48.6 Å². The Hall–Kier alpha value is -4.32. The molecule has 2 aliphatic heterocycles. The molecule has 0 bridgehead atoms. The van der Waals surface area contributed by atoms with Gasteiger partial charge in [-0.2, -0.15) is 13.2 Å². The molecular weight excluding hydrogens is 535 g/mol. The molecule has 0 unspecified atom stereocenters. The Kier molecular flexibility index (Phi) is 6.94. The number of anilines is 4. The number of carbonyl (C=O) groups is 1. The normalized spacial score (nSPS) is 15.7. The zero-order valence-corrected chi connectivity index (χ0v) is 22.8. The van der Waals surface area contributed by atoms with Crippen molar-refractivity contribution in [2.45, 2.75) is 32.5 Å². The molecule has 41 heavy (non-hydrogen) atoms.